The summed E-state index contributed by atoms with van der Waals surface area (Å²) < 4.78 is 33.6. The van der Waals surface area contributed by atoms with Crippen LogP contribution in [0.4, 0.5) is 0 Å². The first-order valence-corrected chi connectivity index (χ1v) is 8.85. The molecule has 2 rings (SSSR count). The highest BCUT2D eigenvalue weighted by atomic mass is 35.5. The Kier molecular flexibility index (Phi) is 5.48. The fraction of sp³-hybridized carbons (Fsp3) is 1.00. The number of rotatable bonds is 4. The van der Waals surface area contributed by atoms with E-state index in [2.05, 4.69) is 0 Å². The summed E-state index contributed by atoms with van der Waals surface area (Å²) >= 11 is 5.83. The van der Waals surface area contributed by atoms with Gasteiger partial charge in [-0.2, -0.15) is 17.0 Å². The summed E-state index contributed by atoms with van der Waals surface area (Å²) in [6.07, 6.45) is 3.57. The van der Waals surface area contributed by atoms with E-state index in [1.54, 1.807) is 15.7 Å². The van der Waals surface area contributed by atoms with Crippen molar-refractivity contribution in [2.45, 2.75) is 31.8 Å². The predicted molar refractivity (Wildman–Crippen MR) is 75.5 cm³/mol. The highest BCUT2D eigenvalue weighted by molar-refractivity contribution is 7.86. The third kappa shape index (κ3) is 3.61. The van der Waals surface area contributed by atoms with Crippen LogP contribution in [0.2, 0.25) is 0 Å². The molecule has 0 aromatic rings. The van der Waals surface area contributed by atoms with E-state index in [1.807, 2.05) is 0 Å². The molecule has 0 aliphatic carbocycles. The Hall–Kier alpha value is 0.120. The number of nitrogens with zero attached hydrogens (tertiary/aromatic N) is 2. The lowest BCUT2D eigenvalue weighted by Crippen LogP contribution is -2.51. The molecule has 2 heterocycles. The topological polar surface area (TPSA) is 49.9 Å². The van der Waals surface area contributed by atoms with Gasteiger partial charge >= 0.3 is 0 Å². The van der Waals surface area contributed by atoms with Crippen molar-refractivity contribution in [1.29, 1.82) is 0 Å². The Morgan fingerprint density at radius 2 is 1.84 bits per heavy atom. The summed E-state index contributed by atoms with van der Waals surface area (Å²) in [4.78, 5) is 0. The molecule has 1 unspecified atom stereocenters. The highest BCUT2D eigenvalue weighted by Gasteiger charge is 2.35. The summed E-state index contributed by atoms with van der Waals surface area (Å²) in [7, 11) is -1.67. The average Bonchev–Trinajstić information content (AvgIpc) is 2.47. The minimum atomic E-state index is -3.32. The van der Waals surface area contributed by atoms with Crippen molar-refractivity contribution in [3.05, 3.63) is 0 Å². The van der Waals surface area contributed by atoms with E-state index in [0.29, 0.717) is 38.0 Å². The van der Waals surface area contributed by atoms with E-state index in [-0.39, 0.29) is 6.10 Å². The number of ether oxygens (including phenoxy) is 1. The molecule has 0 radical (unpaired) electrons. The summed E-state index contributed by atoms with van der Waals surface area (Å²) in [5.74, 6) is 1.09. The van der Waals surface area contributed by atoms with Crippen molar-refractivity contribution in [2.75, 3.05) is 39.2 Å². The summed E-state index contributed by atoms with van der Waals surface area (Å²) in [5.41, 5.74) is 0. The smallest absolute Gasteiger partial charge is 0.282 e. The molecule has 112 valence electrons. The second-order valence-electron chi connectivity index (χ2n) is 5.36. The molecular formula is C12H23ClN2O3S. The minimum absolute atomic E-state index is 0.0314. The lowest BCUT2D eigenvalue weighted by atomic mass is 10.0. The van der Waals surface area contributed by atoms with Crippen molar-refractivity contribution in [2.24, 2.45) is 5.92 Å². The van der Waals surface area contributed by atoms with Gasteiger partial charge in [0.1, 0.15) is 0 Å². The van der Waals surface area contributed by atoms with Gasteiger partial charge in [0.15, 0.2) is 0 Å². The normalized spacial score (nSPS) is 28.6. The van der Waals surface area contributed by atoms with E-state index < -0.39 is 10.2 Å². The van der Waals surface area contributed by atoms with E-state index in [4.69, 9.17) is 16.3 Å². The second-order valence-corrected chi connectivity index (χ2v) is 7.60. The van der Waals surface area contributed by atoms with E-state index in [9.17, 15) is 8.42 Å². The molecule has 0 aromatic heterocycles. The van der Waals surface area contributed by atoms with Gasteiger partial charge in [0.2, 0.25) is 0 Å². The molecule has 0 spiro atoms. The van der Waals surface area contributed by atoms with Crippen LogP contribution >= 0.6 is 11.6 Å². The zero-order valence-electron chi connectivity index (χ0n) is 11.4. The zero-order chi connectivity index (χ0) is 13.9. The number of alkyl halides is 1. The molecule has 5 nitrogen and oxygen atoms in total. The molecule has 1 atom stereocenters. The Morgan fingerprint density at radius 1 is 1.16 bits per heavy atom. The lowest BCUT2D eigenvalue weighted by molar-refractivity contribution is 0.0548. The molecule has 0 N–H and O–H groups in total. The van der Waals surface area contributed by atoms with Gasteiger partial charge in [-0.3, -0.25) is 0 Å². The molecule has 0 aromatic carbocycles. The molecule has 2 aliphatic rings. The maximum absolute atomic E-state index is 12.6. The standard InChI is InChI=1S/C12H23ClN2O3S/c1-18-12-3-2-6-15(10-12)19(16,17)14-7-4-11(9-13)5-8-14/h11-12H,2-10H2,1H3. The number of hydrogen-bond acceptors (Lipinski definition) is 3. The van der Waals surface area contributed by atoms with Crippen molar-refractivity contribution < 1.29 is 13.2 Å². The van der Waals surface area contributed by atoms with Crippen molar-refractivity contribution >= 4 is 21.8 Å². The van der Waals surface area contributed by atoms with Gasteiger partial charge in [-0.05, 0) is 31.6 Å². The quantitative estimate of drug-likeness (QED) is 0.735. The number of piperidine rings is 2. The van der Waals surface area contributed by atoms with Gasteiger partial charge in [-0.1, -0.05) is 0 Å². The summed E-state index contributed by atoms with van der Waals surface area (Å²) in [6, 6.07) is 0. The van der Waals surface area contributed by atoms with Crippen LogP contribution in [0.25, 0.3) is 0 Å². The van der Waals surface area contributed by atoms with Crippen LogP contribution in [0.5, 0.6) is 0 Å². The molecule has 2 aliphatic heterocycles. The van der Waals surface area contributed by atoms with Crippen LogP contribution in [0, 0.1) is 5.92 Å². The minimum Gasteiger partial charge on any atom is -0.380 e. The Morgan fingerprint density at radius 3 is 2.42 bits per heavy atom. The number of halogens is 1. The van der Waals surface area contributed by atoms with E-state index >= 15 is 0 Å². The van der Waals surface area contributed by atoms with E-state index in [1.165, 1.54) is 0 Å². The summed E-state index contributed by atoms with van der Waals surface area (Å²) in [6.45, 7) is 2.27. The van der Waals surface area contributed by atoms with Crippen LogP contribution in [0.1, 0.15) is 25.7 Å². The Labute approximate surface area is 121 Å². The highest BCUT2D eigenvalue weighted by Crippen LogP contribution is 2.24. The molecular weight excluding hydrogens is 288 g/mol. The Bertz CT molecular complexity index is 382. The largest absolute Gasteiger partial charge is 0.380 e. The molecule has 0 amide bonds. The van der Waals surface area contributed by atoms with Gasteiger partial charge in [0.05, 0.1) is 6.10 Å². The van der Waals surface area contributed by atoms with Crippen LogP contribution < -0.4 is 0 Å². The monoisotopic (exact) mass is 310 g/mol. The third-order valence-electron chi connectivity index (χ3n) is 4.12. The third-order valence-corrected chi connectivity index (χ3v) is 6.56. The maximum Gasteiger partial charge on any atom is 0.282 e. The first-order valence-electron chi connectivity index (χ1n) is 6.92. The maximum atomic E-state index is 12.6. The molecule has 2 fully saturated rings. The predicted octanol–water partition coefficient (Wildman–Crippen LogP) is 1.29. The first-order chi connectivity index (χ1) is 9.07. The molecule has 2 saturated heterocycles. The molecule has 19 heavy (non-hydrogen) atoms. The lowest BCUT2D eigenvalue weighted by Gasteiger charge is -2.37. The second kappa shape index (κ2) is 6.72. The first kappa shape index (κ1) is 15.5. The van der Waals surface area contributed by atoms with Gasteiger partial charge < -0.3 is 4.74 Å². The van der Waals surface area contributed by atoms with Crippen LogP contribution in [0.3, 0.4) is 0 Å². The Balaban J connectivity index is 1.98. The molecule has 0 bridgehead atoms. The van der Waals surface area contributed by atoms with Crippen LogP contribution in [-0.4, -0.2) is 62.3 Å². The average molecular weight is 311 g/mol. The molecule has 7 heteroatoms. The fourth-order valence-electron chi connectivity index (χ4n) is 2.76. The zero-order valence-corrected chi connectivity index (χ0v) is 13.0. The molecule has 0 saturated carbocycles. The summed E-state index contributed by atoms with van der Waals surface area (Å²) in [5, 5.41) is 0. The van der Waals surface area contributed by atoms with Crippen molar-refractivity contribution in [1.82, 2.24) is 8.61 Å². The van der Waals surface area contributed by atoms with Gasteiger partial charge in [-0.15, -0.1) is 11.6 Å². The van der Waals surface area contributed by atoms with Gasteiger partial charge in [0.25, 0.3) is 10.2 Å². The van der Waals surface area contributed by atoms with Crippen molar-refractivity contribution in [3.8, 4) is 0 Å². The van der Waals surface area contributed by atoms with Crippen LogP contribution in [0.15, 0.2) is 0 Å². The number of hydrogen-bond donors (Lipinski definition) is 0. The van der Waals surface area contributed by atoms with E-state index in [0.717, 1.165) is 25.7 Å². The van der Waals surface area contributed by atoms with Gasteiger partial charge in [0, 0.05) is 39.2 Å². The number of methoxy groups -OCH3 is 1. The van der Waals surface area contributed by atoms with Crippen molar-refractivity contribution in [3.63, 3.8) is 0 Å². The fourth-order valence-corrected chi connectivity index (χ4v) is 4.79. The van der Waals surface area contributed by atoms with Crippen LogP contribution in [-0.2, 0) is 14.9 Å². The van der Waals surface area contributed by atoms with Gasteiger partial charge in [-0.25, -0.2) is 0 Å². The SMILES string of the molecule is COC1CCCN(S(=O)(=O)N2CCC(CCl)CC2)C1.